The maximum atomic E-state index is 12.4. The van der Waals surface area contributed by atoms with Gasteiger partial charge in [0, 0.05) is 49.2 Å². The minimum Gasteiger partial charge on any atom is -0.344 e. The summed E-state index contributed by atoms with van der Waals surface area (Å²) in [6.07, 6.45) is -4.21. The molecule has 27 heavy (non-hydrogen) atoms. The minimum absolute atomic E-state index is 0.00941. The molecule has 1 aromatic heterocycles. The number of aromatic nitrogens is 2. The molecule has 6 nitrogen and oxygen atoms in total. The van der Waals surface area contributed by atoms with E-state index < -0.39 is 22.0 Å². The molecule has 2 aromatic rings. The van der Waals surface area contributed by atoms with Gasteiger partial charge in [0.05, 0.1) is 0 Å². The first-order valence-corrected chi connectivity index (χ1v) is 10.7. The van der Waals surface area contributed by atoms with Gasteiger partial charge in [-0.3, -0.25) is 0 Å². The van der Waals surface area contributed by atoms with E-state index in [1.807, 2.05) is 17.0 Å². The zero-order valence-electron chi connectivity index (χ0n) is 14.0. The molecule has 3 rings (SSSR count). The Labute approximate surface area is 163 Å². The molecule has 1 saturated heterocycles. The predicted octanol–water partition coefficient (Wildman–Crippen LogP) is 2.80. The summed E-state index contributed by atoms with van der Waals surface area (Å²) in [5.74, 6) is -1.20. The number of rotatable bonds is 5. The number of halogens is 4. The Kier molecular flexibility index (Phi) is 5.94. The van der Waals surface area contributed by atoms with Gasteiger partial charge in [-0.1, -0.05) is 23.7 Å². The number of benzene rings is 1. The fourth-order valence-electron chi connectivity index (χ4n) is 2.69. The zero-order chi connectivity index (χ0) is 19.7. The van der Waals surface area contributed by atoms with E-state index >= 15 is 0 Å². The van der Waals surface area contributed by atoms with E-state index in [9.17, 15) is 21.6 Å². The quantitative estimate of drug-likeness (QED) is 0.715. The molecule has 0 bridgehead atoms. The van der Waals surface area contributed by atoms with Gasteiger partial charge in [-0.05, 0) is 17.7 Å². The third kappa shape index (κ3) is 5.53. The minimum atomic E-state index is -4.74. The molecule has 148 valence electrons. The van der Waals surface area contributed by atoms with Gasteiger partial charge in [-0.2, -0.15) is 21.9 Å². The largest absolute Gasteiger partial charge is 0.404 e. The summed E-state index contributed by atoms with van der Waals surface area (Å²) >= 11 is 7.04. The van der Waals surface area contributed by atoms with Gasteiger partial charge in [-0.15, -0.1) is 0 Å². The van der Waals surface area contributed by atoms with Gasteiger partial charge in [-0.25, -0.2) is 13.4 Å². The Morgan fingerprint density at radius 1 is 1.11 bits per heavy atom. The molecule has 0 amide bonds. The number of anilines is 1. The van der Waals surface area contributed by atoms with Gasteiger partial charge in [0.1, 0.15) is 5.82 Å². The molecule has 0 unspecified atom stereocenters. The van der Waals surface area contributed by atoms with Crippen molar-refractivity contribution in [3.63, 3.8) is 0 Å². The van der Waals surface area contributed by atoms with Crippen molar-refractivity contribution in [1.29, 1.82) is 0 Å². The summed E-state index contributed by atoms with van der Waals surface area (Å²) in [6, 6.07) is 7.33. The first kappa shape index (κ1) is 20.3. The second-order valence-corrected chi connectivity index (χ2v) is 9.19. The van der Waals surface area contributed by atoms with Crippen LogP contribution in [0.25, 0.3) is 0 Å². The SMILES string of the molecule is O=S(=O)(CC(F)(F)F)N1CCN(c2nc(Cc3ccc(Cl)cc3)ns2)CC1. The fourth-order valence-corrected chi connectivity index (χ4v) is 4.86. The van der Waals surface area contributed by atoms with Crippen molar-refractivity contribution in [2.24, 2.45) is 0 Å². The van der Waals surface area contributed by atoms with Gasteiger partial charge in [0.25, 0.3) is 0 Å². The van der Waals surface area contributed by atoms with Crippen molar-refractivity contribution in [2.75, 3.05) is 36.8 Å². The summed E-state index contributed by atoms with van der Waals surface area (Å²) < 4.78 is 66.1. The van der Waals surface area contributed by atoms with E-state index in [1.54, 1.807) is 12.1 Å². The average molecular weight is 441 g/mol. The monoisotopic (exact) mass is 440 g/mol. The van der Waals surface area contributed by atoms with Crippen LogP contribution in [0.15, 0.2) is 24.3 Å². The normalized spacial score (nSPS) is 16.7. The second-order valence-electron chi connectivity index (χ2n) is 6.05. The Morgan fingerprint density at radius 2 is 1.74 bits per heavy atom. The number of hydrogen-bond donors (Lipinski definition) is 0. The lowest BCUT2D eigenvalue weighted by atomic mass is 10.1. The molecule has 1 aliphatic heterocycles. The number of nitrogens with zero attached hydrogens (tertiary/aromatic N) is 4. The van der Waals surface area contributed by atoms with Crippen molar-refractivity contribution in [1.82, 2.24) is 13.7 Å². The van der Waals surface area contributed by atoms with Crippen molar-refractivity contribution >= 4 is 38.3 Å². The molecular formula is C15H16ClF3N4O2S2. The molecular weight excluding hydrogens is 425 g/mol. The van der Waals surface area contributed by atoms with Crippen LogP contribution in [-0.4, -0.2) is 60.2 Å². The smallest absolute Gasteiger partial charge is 0.344 e. The Bertz CT molecular complexity index is 879. The molecule has 12 heteroatoms. The highest BCUT2D eigenvalue weighted by molar-refractivity contribution is 7.89. The summed E-state index contributed by atoms with van der Waals surface area (Å²) in [7, 11) is -4.35. The maximum Gasteiger partial charge on any atom is 0.404 e. The molecule has 1 aliphatic rings. The van der Waals surface area contributed by atoms with Crippen LogP contribution in [0.3, 0.4) is 0 Å². The van der Waals surface area contributed by atoms with E-state index in [4.69, 9.17) is 11.6 Å². The highest BCUT2D eigenvalue weighted by Crippen LogP contribution is 2.24. The Balaban J connectivity index is 1.59. The lowest BCUT2D eigenvalue weighted by Crippen LogP contribution is -2.50. The van der Waals surface area contributed by atoms with Crippen LogP contribution < -0.4 is 4.90 Å². The number of sulfonamides is 1. The Morgan fingerprint density at radius 3 is 2.33 bits per heavy atom. The lowest BCUT2D eigenvalue weighted by molar-refractivity contribution is -0.107. The van der Waals surface area contributed by atoms with Crippen molar-refractivity contribution < 1.29 is 21.6 Å². The van der Waals surface area contributed by atoms with Crippen molar-refractivity contribution in [2.45, 2.75) is 12.6 Å². The molecule has 1 aromatic carbocycles. The molecule has 0 saturated carbocycles. The van der Waals surface area contributed by atoms with Crippen LogP contribution in [-0.2, 0) is 16.4 Å². The molecule has 0 radical (unpaired) electrons. The summed E-state index contributed by atoms with van der Waals surface area (Å²) in [6.45, 7) is 0.522. The number of alkyl halides is 3. The number of hydrogen-bond acceptors (Lipinski definition) is 6. The molecule has 0 spiro atoms. The van der Waals surface area contributed by atoms with E-state index in [1.165, 1.54) is 11.5 Å². The molecule has 0 N–H and O–H groups in total. The lowest BCUT2D eigenvalue weighted by Gasteiger charge is -2.33. The maximum absolute atomic E-state index is 12.4. The van der Waals surface area contributed by atoms with Crippen LogP contribution in [0.4, 0.5) is 18.3 Å². The average Bonchev–Trinajstić information content (AvgIpc) is 3.03. The van der Waals surface area contributed by atoms with Crippen LogP contribution in [0.1, 0.15) is 11.4 Å². The molecule has 0 aliphatic carbocycles. The Hall–Kier alpha value is -1.43. The highest BCUT2D eigenvalue weighted by atomic mass is 35.5. The van der Waals surface area contributed by atoms with Gasteiger partial charge in [0.15, 0.2) is 5.75 Å². The second kappa shape index (κ2) is 7.90. The van der Waals surface area contributed by atoms with Crippen LogP contribution in [0.2, 0.25) is 5.02 Å². The van der Waals surface area contributed by atoms with Crippen LogP contribution >= 0.6 is 23.1 Å². The van der Waals surface area contributed by atoms with Crippen molar-refractivity contribution in [3.8, 4) is 0 Å². The standard InChI is InChI=1S/C15H16ClF3N4O2S2/c16-12-3-1-11(2-4-12)9-13-20-14(26-21-13)22-5-7-23(8-6-22)27(24,25)10-15(17,18)19/h1-4H,5-10H2. The molecule has 1 fully saturated rings. The van der Waals surface area contributed by atoms with Gasteiger partial charge in [0.2, 0.25) is 15.2 Å². The first-order valence-electron chi connectivity index (χ1n) is 7.99. The third-order valence-corrected chi connectivity index (χ3v) is 6.89. The van der Waals surface area contributed by atoms with E-state index in [0.717, 1.165) is 9.87 Å². The van der Waals surface area contributed by atoms with Gasteiger partial charge >= 0.3 is 6.18 Å². The third-order valence-electron chi connectivity index (χ3n) is 3.98. The van der Waals surface area contributed by atoms with E-state index in [-0.39, 0.29) is 26.2 Å². The first-order chi connectivity index (χ1) is 12.6. The molecule has 0 atom stereocenters. The fraction of sp³-hybridized carbons (Fsp3) is 0.467. The van der Waals surface area contributed by atoms with E-state index in [2.05, 4.69) is 9.36 Å². The highest BCUT2D eigenvalue weighted by Gasteiger charge is 2.39. The predicted molar refractivity (Wildman–Crippen MR) is 97.8 cm³/mol. The summed E-state index contributed by atoms with van der Waals surface area (Å²) in [5.41, 5.74) is 1.01. The van der Waals surface area contributed by atoms with E-state index in [0.29, 0.717) is 22.4 Å². The topological polar surface area (TPSA) is 66.4 Å². The zero-order valence-corrected chi connectivity index (χ0v) is 16.4. The number of piperazine rings is 1. The van der Waals surface area contributed by atoms with Gasteiger partial charge < -0.3 is 4.90 Å². The van der Waals surface area contributed by atoms with Crippen molar-refractivity contribution in [3.05, 3.63) is 40.7 Å². The summed E-state index contributed by atoms with van der Waals surface area (Å²) in [4.78, 5) is 6.29. The van der Waals surface area contributed by atoms with Crippen LogP contribution in [0, 0.1) is 0 Å². The van der Waals surface area contributed by atoms with Crippen LogP contribution in [0.5, 0.6) is 0 Å². The summed E-state index contributed by atoms with van der Waals surface area (Å²) in [5, 5.41) is 1.27. The molecule has 2 heterocycles.